The fourth-order valence-corrected chi connectivity index (χ4v) is 2.52. The molecule has 1 fully saturated rings. The van der Waals surface area contributed by atoms with Crippen LogP contribution in [0.15, 0.2) is 54.6 Å². The third-order valence-corrected chi connectivity index (χ3v) is 3.74. The first-order valence-corrected chi connectivity index (χ1v) is 7.83. The third-order valence-electron chi connectivity index (χ3n) is 3.74. The topological polar surface area (TPSA) is 70.7 Å². The van der Waals surface area contributed by atoms with E-state index in [0.717, 1.165) is 0 Å². The molecule has 2 N–H and O–H groups in total. The smallest absolute Gasteiger partial charge is 0.323 e. The first-order valence-electron chi connectivity index (χ1n) is 7.83. The molecule has 3 rings (SSSR count). The lowest BCUT2D eigenvalue weighted by molar-refractivity contribution is 0.0303. The van der Waals surface area contributed by atoms with E-state index in [1.54, 1.807) is 41.3 Å². The lowest BCUT2D eigenvalue weighted by Gasteiger charge is -2.27. The summed E-state index contributed by atoms with van der Waals surface area (Å²) in [6.07, 6.45) is 0. The van der Waals surface area contributed by atoms with E-state index in [1.807, 2.05) is 18.2 Å². The van der Waals surface area contributed by atoms with Crippen LogP contribution in [0.4, 0.5) is 16.2 Å². The molecule has 2 aromatic carbocycles. The quantitative estimate of drug-likeness (QED) is 0.911. The number of morpholine rings is 1. The number of para-hydroxylation sites is 2. The van der Waals surface area contributed by atoms with Crippen molar-refractivity contribution < 1.29 is 14.3 Å². The van der Waals surface area contributed by atoms with Crippen LogP contribution < -0.4 is 10.6 Å². The molecule has 1 heterocycles. The van der Waals surface area contributed by atoms with Crippen molar-refractivity contribution in [2.24, 2.45) is 0 Å². The molecule has 0 spiro atoms. The number of ether oxygens (including phenoxy) is 1. The Labute approximate surface area is 140 Å². The lowest BCUT2D eigenvalue weighted by Crippen LogP contribution is -2.41. The van der Waals surface area contributed by atoms with Crippen LogP contribution in [-0.2, 0) is 4.74 Å². The predicted octanol–water partition coefficient (Wildman–Crippen LogP) is 2.80. The van der Waals surface area contributed by atoms with E-state index in [9.17, 15) is 9.59 Å². The number of carbonyl (C=O) groups excluding carboxylic acids is 2. The van der Waals surface area contributed by atoms with Crippen molar-refractivity contribution in [1.29, 1.82) is 0 Å². The van der Waals surface area contributed by atoms with Gasteiger partial charge in [0.05, 0.1) is 24.5 Å². The maximum absolute atomic E-state index is 12.7. The van der Waals surface area contributed by atoms with Gasteiger partial charge in [-0.2, -0.15) is 0 Å². The fourth-order valence-electron chi connectivity index (χ4n) is 2.52. The minimum absolute atomic E-state index is 0.103. The molecule has 1 saturated heterocycles. The predicted molar refractivity (Wildman–Crippen MR) is 92.2 cm³/mol. The van der Waals surface area contributed by atoms with E-state index in [-0.39, 0.29) is 11.9 Å². The number of hydrogen-bond donors (Lipinski definition) is 2. The van der Waals surface area contributed by atoms with Crippen molar-refractivity contribution in [3.05, 3.63) is 60.2 Å². The zero-order chi connectivity index (χ0) is 16.8. The van der Waals surface area contributed by atoms with Crippen LogP contribution in [0, 0.1) is 0 Å². The van der Waals surface area contributed by atoms with Crippen molar-refractivity contribution >= 4 is 23.3 Å². The van der Waals surface area contributed by atoms with E-state index >= 15 is 0 Å². The molecule has 24 heavy (non-hydrogen) atoms. The number of carbonyl (C=O) groups is 2. The summed E-state index contributed by atoms with van der Waals surface area (Å²) in [5.41, 5.74) is 1.65. The van der Waals surface area contributed by atoms with Crippen LogP contribution >= 0.6 is 0 Å². The van der Waals surface area contributed by atoms with Gasteiger partial charge in [0.2, 0.25) is 0 Å². The third kappa shape index (κ3) is 3.91. The molecule has 6 heteroatoms. The van der Waals surface area contributed by atoms with Gasteiger partial charge in [-0.15, -0.1) is 0 Å². The molecule has 124 valence electrons. The number of hydrogen-bond acceptors (Lipinski definition) is 3. The summed E-state index contributed by atoms with van der Waals surface area (Å²) in [6.45, 7) is 2.19. The molecule has 1 aliphatic heterocycles. The van der Waals surface area contributed by atoms with Crippen LogP contribution in [0.25, 0.3) is 0 Å². The van der Waals surface area contributed by atoms with E-state index in [0.29, 0.717) is 43.2 Å². The fraction of sp³-hybridized carbons (Fsp3) is 0.222. The summed E-state index contributed by atoms with van der Waals surface area (Å²) >= 11 is 0. The number of nitrogens with zero attached hydrogens (tertiary/aromatic N) is 1. The Morgan fingerprint density at radius 1 is 0.875 bits per heavy atom. The molecule has 2 aromatic rings. The number of benzene rings is 2. The Morgan fingerprint density at radius 2 is 1.54 bits per heavy atom. The Morgan fingerprint density at radius 3 is 2.29 bits per heavy atom. The molecule has 0 saturated carbocycles. The second kappa shape index (κ2) is 7.61. The highest BCUT2D eigenvalue weighted by atomic mass is 16.5. The number of nitrogens with one attached hydrogen (secondary N) is 2. The van der Waals surface area contributed by atoms with Crippen molar-refractivity contribution in [3.63, 3.8) is 0 Å². The first kappa shape index (κ1) is 16.0. The average Bonchev–Trinajstić information content (AvgIpc) is 2.63. The molecule has 3 amide bonds. The number of urea groups is 1. The van der Waals surface area contributed by atoms with Crippen LogP contribution in [-0.4, -0.2) is 43.1 Å². The van der Waals surface area contributed by atoms with E-state index in [1.165, 1.54) is 0 Å². The minimum Gasteiger partial charge on any atom is -0.378 e. The molecule has 0 atom stereocenters. The molecule has 0 unspecified atom stereocenters. The zero-order valence-electron chi connectivity index (χ0n) is 13.2. The summed E-state index contributed by atoms with van der Waals surface area (Å²) in [5, 5.41) is 5.49. The van der Waals surface area contributed by atoms with Crippen LogP contribution in [0.3, 0.4) is 0 Å². The van der Waals surface area contributed by atoms with Gasteiger partial charge in [0.1, 0.15) is 0 Å². The van der Waals surface area contributed by atoms with Crippen molar-refractivity contribution in [2.45, 2.75) is 0 Å². The number of amides is 3. The van der Waals surface area contributed by atoms with Gasteiger partial charge < -0.3 is 20.3 Å². The van der Waals surface area contributed by atoms with Gasteiger partial charge in [-0.1, -0.05) is 30.3 Å². The van der Waals surface area contributed by atoms with Crippen molar-refractivity contribution in [1.82, 2.24) is 4.90 Å². The SMILES string of the molecule is O=C(Nc1ccccc1)Nc1ccccc1C(=O)N1CCOCC1. The Bertz CT molecular complexity index is 712. The number of rotatable bonds is 3. The first-order chi connectivity index (χ1) is 11.7. The van der Waals surface area contributed by atoms with Gasteiger partial charge in [-0.25, -0.2) is 4.79 Å². The summed E-state index contributed by atoms with van der Waals surface area (Å²) in [4.78, 5) is 26.6. The average molecular weight is 325 g/mol. The van der Waals surface area contributed by atoms with Crippen LogP contribution in [0.2, 0.25) is 0 Å². The van der Waals surface area contributed by atoms with Gasteiger partial charge in [-0.05, 0) is 24.3 Å². The van der Waals surface area contributed by atoms with E-state index in [4.69, 9.17) is 4.74 Å². The van der Waals surface area contributed by atoms with Gasteiger partial charge in [0.15, 0.2) is 0 Å². The van der Waals surface area contributed by atoms with Crippen LogP contribution in [0.1, 0.15) is 10.4 Å². The monoisotopic (exact) mass is 325 g/mol. The molecular weight excluding hydrogens is 306 g/mol. The molecule has 0 radical (unpaired) electrons. The Balaban J connectivity index is 1.71. The summed E-state index contributed by atoms with van der Waals surface area (Å²) in [5.74, 6) is -0.103. The highest BCUT2D eigenvalue weighted by Gasteiger charge is 2.21. The van der Waals surface area contributed by atoms with Gasteiger partial charge in [0.25, 0.3) is 5.91 Å². The molecule has 6 nitrogen and oxygen atoms in total. The summed E-state index contributed by atoms with van der Waals surface area (Å²) < 4.78 is 5.27. The lowest BCUT2D eigenvalue weighted by atomic mass is 10.1. The standard InChI is InChI=1S/C18H19N3O3/c22-17(21-10-12-24-13-11-21)15-8-4-5-9-16(15)20-18(23)19-14-6-2-1-3-7-14/h1-9H,10-13H2,(H2,19,20,23). The maximum Gasteiger partial charge on any atom is 0.323 e. The Hall–Kier alpha value is -2.86. The van der Waals surface area contributed by atoms with Gasteiger partial charge >= 0.3 is 6.03 Å². The highest BCUT2D eigenvalue weighted by molar-refractivity contribution is 6.06. The van der Waals surface area contributed by atoms with Gasteiger partial charge in [-0.3, -0.25) is 4.79 Å². The van der Waals surface area contributed by atoms with Gasteiger partial charge in [0, 0.05) is 18.8 Å². The largest absolute Gasteiger partial charge is 0.378 e. The van der Waals surface area contributed by atoms with Crippen molar-refractivity contribution in [2.75, 3.05) is 36.9 Å². The zero-order valence-corrected chi connectivity index (χ0v) is 13.2. The highest BCUT2D eigenvalue weighted by Crippen LogP contribution is 2.18. The second-order valence-electron chi connectivity index (χ2n) is 5.40. The minimum atomic E-state index is -0.386. The van der Waals surface area contributed by atoms with Crippen molar-refractivity contribution in [3.8, 4) is 0 Å². The summed E-state index contributed by atoms with van der Waals surface area (Å²) in [6, 6.07) is 15.8. The van der Waals surface area contributed by atoms with Crippen LogP contribution in [0.5, 0.6) is 0 Å². The molecule has 1 aliphatic rings. The Kier molecular flexibility index (Phi) is 5.08. The second-order valence-corrected chi connectivity index (χ2v) is 5.40. The summed E-state index contributed by atoms with van der Waals surface area (Å²) in [7, 11) is 0. The van der Waals surface area contributed by atoms with E-state index in [2.05, 4.69) is 10.6 Å². The molecular formula is C18H19N3O3. The molecule has 0 aromatic heterocycles. The molecule has 0 bridgehead atoms. The normalized spacial score (nSPS) is 14.1. The molecule has 0 aliphatic carbocycles. The maximum atomic E-state index is 12.7. The number of anilines is 2. The van der Waals surface area contributed by atoms with E-state index < -0.39 is 0 Å².